The predicted octanol–water partition coefficient (Wildman–Crippen LogP) is 2.63. The molecule has 120 valence electrons. The highest BCUT2D eigenvalue weighted by Gasteiger charge is 2.27. The van der Waals surface area contributed by atoms with E-state index >= 15 is 0 Å². The van der Waals surface area contributed by atoms with Crippen molar-refractivity contribution in [1.82, 2.24) is 5.32 Å². The summed E-state index contributed by atoms with van der Waals surface area (Å²) in [5.74, 6) is -0.912. The SMILES string of the molecule is CC(OC(=O)c1cc2cc([N+](=O)[O-])ccc2s1)C(=O)NC1CC1. The molecular formula is C15H14N2O5S. The van der Waals surface area contributed by atoms with E-state index in [4.69, 9.17) is 4.74 Å². The molecule has 3 rings (SSSR count). The minimum absolute atomic E-state index is 0.0348. The lowest BCUT2D eigenvalue weighted by Gasteiger charge is -2.12. The number of hydrogen-bond donors (Lipinski definition) is 1. The quantitative estimate of drug-likeness (QED) is 0.515. The number of fused-ring (bicyclic) bond motifs is 1. The van der Waals surface area contributed by atoms with Crippen molar-refractivity contribution >= 4 is 39.0 Å². The molecule has 1 atom stereocenters. The number of carbonyl (C=O) groups is 2. The van der Waals surface area contributed by atoms with Crippen LogP contribution < -0.4 is 5.32 Å². The average molecular weight is 334 g/mol. The Balaban J connectivity index is 1.72. The Morgan fingerprint density at radius 2 is 2.13 bits per heavy atom. The van der Waals surface area contributed by atoms with Gasteiger partial charge in [0.2, 0.25) is 0 Å². The van der Waals surface area contributed by atoms with E-state index in [1.54, 1.807) is 12.1 Å². The van der Waals surface area contributed by atoms with Crippen LogP contribution >= 0.6 is 11.3 Å². The maximum absolute atomic E-state index is 12.1. The molecule has 2 aromatic rings. The monoisotopic (exact) mass is 334 g/mol. The van der Waals surface area contributed by atoms with Gasteiger partial charge in [0.1, 0.15) is 4.88 Å². The highest BCUT2D eigenvalue weighted by molar-refractivity contribution is 7.20. The van der Waals surface area contributed by atoms with Gasteiger partial charge < -0.3 is 10.1 Å². The van der Waals surface area contributed by atoms with Gasteiger partial charge in [0.15, 0.2) is 6.10 Å². The van der Waals surface area contributed by atoms with E-state index in [1.807, 2.05) is 0 Å². The highest BCUT2D eigenvalue weighted by atomic mass is 32.1. The minimum atomic E-state index is -0.873. The van der Waals surface area contributed by atoms with Crippen LogP contribution in [0.3, 0.4) is 0 Å². The zero-order valence-electron chi connectivity index (χ0n) is 12.3. The van der Waals surface area contributed by atoms with Crippen molar-refractivity contribution in [3.05, 3.63) is 39.3 Å². The normalized spacial score (nSPS) is 15.2. The van der Waals surface area contributed by atoms with E-state index in [-0.39, 0.29) is 17.6 Å². The smallest absolute Gasteiger partial charge is 0.349 e. The maximum atomic E-state index is 12.1. The molecule has 1 aliphatic carbocycles. The number of ether oxygens (including phenoxy) is 1. The Bertz CT molecular complexity index is 796. The Kier molecular flexibility index (Phi) is 3.99. The second kappa shape index (κ2) is 5.96. The van der Waals surface area contributed by atoms with Crippen LogP contribution in [0.25, 0.3) is 10.1 Å². The van der Waals surface area contributed by atoms with Gasteiger partial charge in [-0.2, -0.15) is 0 Å². The van der Waals surface area contributed by atoms with Crippen molar-refractivity contribution in [1.29, 1.82) is 0 Å². The zero-order valence-corrected chi connectivity index (χ0v) is 13.1. The summed E-state index contributed by atoms with van der Waals surface area (Å²) in [7, 11) is 0. The summed E-state index contributed by atoms with van der Waals surface area (Å²) in [5, 5.41) is 14.1. The molecule has 1 N–H and O–H groups in total. The maximum Gasteiger partial charge on any atom is 0.349 e. The van der Waals surface area contributed by atoms with E-state index in [2.05, 4.69) is 5.32 Å². The Morgan fingerprint density at radius 3 is 2.78 bits per heavy atom. The standard InChI is InChI=1S/C15H14N2O5S/c1-8(14(18)16-10-2-3-10)22-15(19)13-7-9-6-11(17(20)21)4-5-12(9)23-13/h4-8,10H,2-3H2,1H3,(H,16,18). The van der Waals surface area contributed by atoms with Crippen LogP contribution in [-0.4, -0.2) is 28.9 Å². The van der Waals surface area contributed by atoms with Crippen molar-refractivity contribution < 1.29 is 19.2 Å². The number of non-ortho nitro benzene ring substituents is 1. The Hall–Kier alpha value is -2.48. The molecule has 1 aromatic heterocycles. The van der Waals surface area contributed by atoms with E-state index in [1.165, 1.54) is 30.4 Å². The topological polar surface area (TPSA) is 98.5 Å². The van der Waals surface area contributed by atoms with Crippen molar-refractivity contribution in [3.8, 4) is 0 Å². The largest absolute Gasteiger partial charge is 0.448 e. The summed E-state index contributed by atoms with van der Waals surface area (Å²) < 4.78 is 5.91. The van der Waals surface area contributed by atoms with Gasteiger partial charge in [0, 0.05) is 28.3 Å². The first kappa shape index (κ1) is 15.4. The number of hydrogen-bond acceptors (Lipinski definition) is 6. The predicted molar refractivity (Wildman–Crippen MR) is 84.5 cm³/mol. The van der Waals surface area contributed by atoms with Gasteiger partial charge in [-0.25, -0.2) is 4.79 Å². The molecule has 0 saturated heterocycles. The van der Waals surface area contributed by atoms with Crippen LogP contribution in [0.15, 0.2) is 24.3 Å². The van der Waals surface area contributed by atoms with Gasteiger partial charge >= 0.3 is 5.97 Å². The molecule has 0 bridgehead atoms. The van der Waals surface area contributed by atoms with Crippen LogP contribution in [0.2, 0.25) is 0 Å². The summed E-state index contributed by atoms with van der Waals surface area (Å²) >= 11 is 1.18. The number of benzene rings is 1. The van der Waals surface area contributed by atoms with Gasteiger partial charge in [-0.3, -0.25) is 14.9 Å². The first-order valence-electron chi connectivity index (χ1n) is 7.13. The molecule has 1 unspecified atom stereocenters. The van der Waals surface area contributed by atoms with Gasteiger partial charge in [0.25, 0.3) is 11.6 Å². The molecule has 0 radical (unpaired) electrons. The molecule has 1 aliphatic rings. The first-order valence-corrected chi connectivity index (χ1v) is 7.95. The fraction of sp³-hybridized carbons (Fsp3) is 0.333. The number of esters is 1. The third-order valence-electron chi connectivity index (χ3n) is 3.49. The average Bonchev–Trinajstić information content (AvgIpc) is 3.21. The number of nitrogens with zero attached hydrogens (tertiary/aromatic N) is 1. The lowest BCUT2D eigenvalue weighted by molar-refractivity contribution is -0.384. The highest BCUT2D eigenvalue weighted by Crippen LogP contribution is 2.29. The number of carbonyl (C=O) groups excluding carboxylic acids is 2. The second-order valence-corrected chi connectivity index (χ2v) is 6.50. The number of nitro groups is 1. The third kappa shape index (κ3) is 3.48. The van der Waals surface area contributed by atoms with Crippen molar-refractivity contribution in [2.75, 3.05) is 0 Å². The Morgan fingerprint density at radius 1 is 1.39 bits per heavy atom. The third-order valence-corrected chi connectivity index (χ3v) is 4.58. The summed E-state index contributed by atoms with van der Waals surface area (Å²) in [5.41, 5.74) is -0.0348. The van der Waals surface area contributed by atoms with Gasteiger partial charge in [-0.15, -0.1) is 11.3 Å². The number of nitrogens with one attached hydrogen (secondary N) is 1. The molecule has 1 saturated carbocycles. The number of nitro benzene ring substituents is 1. The van der Waals surface area contributed by atoms with E-state index < -0.39 is 17.0 Å². The molecule has 0 spiro atoms. The molecule has 1 amide bonds. The molecule has 1 fully saturated rings. The molecule has 0 aliphatic heterocycles. The summed E-state index contributed by atoms with van der Waals surface area (Å²) in [4.78, 5) is 34.5. The van der Waals surface area contributed by atoms with E-state index in [0.717, 1.165) is 17.5 Å². The van der Waals surface area contributed by atoms with E-state index in [9.17, 15) is 19.7 Å². The minimum Gasteiger partial charge on any atom is -0.448 e. The molecule has 1 aromatic carbocycles. The van der Waals surface area contributed by atoms with Gasteiger partial charge in [0.05, 0.1) is 4.92 Å². The molecule has 23 heavy (non-hydrogen) atoms. The zero-order chi connectivity index (χ0) is 16.6. The van der Waals surface area contributed by atoms with Crippen molar-refractivity contribution in [2.24, 2.45) is 0 Å². The lowest BCUT2D eigenvalue weighted by Crippen LogP contribution is -2.36. The lowest BCUT2D eigenvalue weighted by atomic mass is 10.2. The van der Waals surface area contributed by atoms with E-state index in [0.29, 0.717) is 10.3 Å². The van der Waals surface area contributed by atoms with Crippen LogP contribution in [0.5, 0.6) is 0 Å². The second-order valence-electron chi connectivity index (χ2n) is 5.42. The molecule has 7 nitrogen and oxygen atoms in total. The van der Waals surface area contributed by atoms with Gasteiger partial charge in [-0.05, 0) is 31.9 Å². The fourth-order valence-corrected chi connectivity index (χ4v) is 2.99. The van der Waals surface area contributed by atoms with Crippen LogP contribution in [0, 0.1) is 10.1 Å². The molecule has 1 heterocycles. The summed E-state index contributed by atoms with van der Waals surface area (Å²) in [6.45, 7) is 1.52. The van der Waals surface area contributed by atoms with Crippen LogP contribution in [-0.2, 0) is 9.53 Å². The Labute approximate surface area is 135 Å². The summed E-state index contributed by atoms with van der Waals surface area (Å²) in [6, 6.07) is 6.14. The van der Waals surface area contributed by atoms with Gasteiger partial charge in [-0.1, -0.05) is 0 Å². The summed E-state index contributed by atoms with van der Waals surface area (Å²) in [6.07, 6.45) is 1.05. The number of amides is 1. The van der Waals surface area contributed by atoms with Crippen LogP contribution in [0.4, 0.5) is 5.69 Å². The molecule has 8 heteroatoms. The number of rotatable bonds is 5. The molecular weight excluding hydrogens is 320 g/mol. The number of thiophene rings is 1. The van der Waals surface area contributed by atoms with Crippen molar-refractivity contribution in [3.63, 3.8) is 0 Å². The first-order chi connectivity index (χ1) is 10.9. The van der Waals surface area contributed by atoms with Crippen LogP contribution in [0.1, 0.15) is 29.4 Å². The van der Waals surface area contributed by atoms with Crippen molar-refractivity contribution in [2.45, 2.75) is 31.9 Å². The fourth-order valence-electron chi connectivity index (χ4n) is 2.06.